The highest BCUT2D eigenvalue weighted by atomic mass is 16.5. The highest BCUT2D eigenvalue weighted by Gasteiger charge is 2.20. The molecule has 0 saturated carbocycles. The number of benzene rings is 1. The quantitative estimate of drug-likeness (QED) is 0.830. The number of anilines is 2. The van der Waals surface area contributed by atoms with Crippen LogP contribution in [0.1, 0.15) is 25.8 Å². The van der Waals surface area contributed by atoms with Gasteiger partial charge in [-0.25, -0.2) is 0 Å². The number of hydrogen-bond acceptors (Lipinski definition) is 3. The molecule has 1 heterocycles. The summed E-state index contributed by atoms with van der Waals surface area (Å²) in [5.74, 6) is 0.900. The zero-order valence-electron chi connectivity index (χ0n) is 10.9. The summed E-state index contributed by atoms with van der Waals surface area (Å²) in [5.41, 5.74) is 2.89. The molecule has 0 fully saturated rings. The molecule has 1 aliphatic heterocycles. The molecule has 0 spiro atoms. The van der Waals surface area contributed by atoms with Crippen LogP contribution >= 0.6 is 0 Å². The fraction of sp³-hybridized carbons (Fsp3) is 0.462. The maximum atomic E-state index is 11.2. The molecule has 4 nitrogen and oxygen atoms in total. The Morgan fingerprint density at radius 1 is 1.29 bits per heavy atom. The second kappa shape index (κ2) is 6.13. The van der Waals surface area contributed by atoms with Crippen LogP contribution in [0.15, 0.2) is 12.1 Å². The van der Waals surface area contributed by atoms with Gasteiger partial charge in [0.1, 0.15) is 5.75 Å². The standard InChI is InChI=1S/C11H14N2O2.C2H6/c1-12-9-5-4-8-7(11(9)15-2)3-6-10(14)13-8;1-2/h4-5,12H,3,6H2,1-2H3,(H,13,14);1-2H3. The second-order valence-electron chi connectivity index (χ2n) is 3.47. The van der Waals surface area contributed by atoms with Gasteiger partial charge < -0.3 is 15.4 Å². The molecule has 0 atom stereocenters. The minimum atomic E-state index is 0.0711. The first-order chi connectivity index (χ1) is 8.26. The third-order valence-corrected chi connectivity index (χ3v) is 2.61. The van der Waals surface area contributed by atoms with Crippen molar-refractivity contribution in [1.29, 1.82) is 0 Å². The number of hydrogen-bond donors (Lipinski definition) is 2. The molecular formula is C13H20N2O2. The van der Waals surface area contributed by atoms with E-state index in [9.17, 15) is 4.79 Å². The van der Waals surface area contributed by atoms with Crippen molar-refractivity contribution in [3.05, 3.63) is 17.7 Å². The Morgan fingerprint density at radius 3 is 2.59 bits per heavy atom. The maximum absolute atomic E-state index is 11.2. The van der Waals surface area contributed by atoms with Gasteiger partial charge in [0.25, 0.3) is 0 Å². The van der Waals surface area contributed by atoms with E-state index in [2.05, 4.69) is 10.6 Å². The summed E-state index contributed by atoms with van der Waals surface area (Å²) < 4.78 is 5.36. The van der Waals surface area contributed by atoms with E-state index in [1.807, 2.05) is 33.0 Å². The van der Waals surface area contributed by atoms with Crippen molar-refractivity contribution in [3.8, 4) is 5.75 Å². The second-order valence-corrected chi connectivity index (χ2v) is 3.47. The Morgan fingerprint density at radius 2 is 2.00 bits per heavy atom. The van der Waals surface area contributed by atoms with Crippen LogP contribution in [0.25, 0.3) is 0 Å². The van der Waals surface area contributed by atoms with E-state index < -0.39 is 0 Å². The number of methoxy groups -OCH3 is 1. The molecule has 17 heavy (non-hydrogen) atoms. The Labute approximate surface area is 102 Å². The molecule has 0 saturated heterocycles. The SMILES string of the molecule is CC.CNc1ccc2c(c1OC)CCC(=O)N2. The van der Waals surface area contributed by atoms with E-state index in [1.165, 1.54) is 0 Å². The molecule has 0 bridgehead atoms. The van der Waals surface area contributed by atoms with Crippen molar-refractivity contribution in [2.24, 2.45) is 0 Å². The average molecular weight is 236 g/mol. The normalized spacial score (nSPS) is 12.8. The number of carbonyl (C=O) groups excluding carboxylic acids is 1. The van der Waals surface area contributed by atoms with Crippen LogP contribution in [-0.2, 0) is 11.2 Å². The summed E-state index contributed by atoms with van der Waals surface area (Å²) in [6.07, 6.45) is 1.26. The number of ether oxygens (including phenoxy) is 1. The van der Waals surface area contributed by atoms with Crippen LogP contribution in [-0.4, -0.2) is 20.1 Å². The lowest BCUT2D eigenvalue weighted by atomic mass is 10.0. The molecule has 1 amide bonds. The minimum Gasteiger partial charge on any atom is -0.494 e. The van der Waals surface area contributed by atoms with Crippen molar-refractivity contribution >= 4 is 17.3 Å². The lowest BCUT2D eigenvalue weighted by molar-refractivity contribution is -0.116. The Bertz CT molecular complexity index is 403. The molecule has 2 N–H and O–H groups in total. The van der Waals surface area contributed by atoms with E-state index in [0.717, 1.165) is 29.1 Å². The van der Waals surface area contributed by atoms with Gasteiger partial charge in [0, 0.05) is 24.7 Å². The van der Waals surface area contributed by atoms with Crippen LogP contribution in [0.5, 0.6) is 5.75 Å². The summed E-state index contributed by atoms with van der Waals surface area (Å²) in [6, 6.07) is 3.81. The molecule has 0 aliphatic carbocycles. The van der Waals surface area contributed by atoms with E-state index in [4.69, 9.17) is 4.74 Å². The van der Waals surface area contributed by atoms with Gasteiger partial charge >= 0.3 is 0 Å². The van der Waals surface area contributed by atoms with Crippen LogP contribution in [0.4, 0.5) is 11.4 Å². The Hall–Kier alpha value is -1.71. The van der Waals surface area contributed by atoms with E-state index in [0.29, 0.717) is 6.42 Å². The third kappa shape index (κ3) is 2.70. The highest BCUT2D eigenvalue weighted by molar-refractivity contribution is 5.95. The summed E-state index contributed by atoms with van der Waals surface area (Å²) in [6.45, 7) is 4.00. The number of fused-ring (bicyclic) bond motifs is 1. The minimum absolute atomic E-state index is 0.0711. The van der Waals surface area contributed by atoms with Gasteiger partial charge in [-0.3, -0.25) is 4.79 Å². The molecule has 1 aromatic rings. The smallest absolute Gasteiger partial charge is 0.224 e. The van der Waals surface area contributed by atoms with Crippen molar-refractivity contribution < 1.29 is 9.53 Å². The average Bonchev–Trinajstić information content (AvgIpc) is 2.39. The fourth-order valence-corrected chi connectivity index (χ4v) is 1.87. The molecule has 0 radical (unpaired) electrons. The van der Waals surface area contributed by atoms with Gasteiger partial charge in [-0.1, -0.05) is 13.8 Å². The van der Waals surface area contributed by atoms with Crippen LogP contribution in [0.2, 0.25) is 0 Å². The Balaban J connectivity index is 0.000000686. The van der Waals surface area contributed by atoms with Crippen LogP contribution in [0, 0.1) is 0 Å². The van der Waals surface area contributed by atoms with E-state index in [1.54, 1.807) is 7.11 Å². The maximum Gasteiger partial charge on any atom is 0.224 e. The Kier molecular flexibility index (Phi) is 4.82. The van der Waals surface area contributed by atoms with E-state index >= 15 is 0 Å². The zero-order valence-corrected chi connectivity index (χ0v) is 10.9. The van der Waals surface area contributed by atoms with Crippen LogP contribution in [0.3, 0.4) is 0 Å². The lowest BCUT2D eigenvalue weighted by Gasteiger charge is -2.21. The summed E-state index contributed by atoms with van der Waals surface area (Å²) >= 11 is 0. The zero-order chi connectivity index (χ0) is 12.8. The van der Waals surface area contributed by atoms with Crippen molar-refractivity contribution in [2.45, 2.75) is 26.7 Å². The van der Waals surface area contributed by atoms with Crippen molar-refractivity contribution in [2.75, 3.05) is 24.8 Å². The number of rotatable bonds is 2. The first-order valence-corrected chi connectivity index (χ1v) is 5.93. The first kappa shape index (κ1) is 13.4. The highest BCUT2D eigenvalue weighted by Crippen LogP contribution is 2.36. The van der Waals surface area contributed by atoms with Gasteiger partial charge in [-0.15, -0.1) is 0 Å². The molecule has 0 aromatic heterocycles. The lowest BCUT2D eigenvalue weighted by Crippen LogP contribution is -2.19. The predicted octanol–water partition coefficient (Wildman–Crippen LogP) is 2.65. The molecular weight excluding hydrogens is 216 g/mol. The molecule has 4 heteroatoms. The van der Waals surface area contributed by atoms with Gasteiger partial charge in [-0.05, 0) is 18.6 Å². The predicted molar refractivity (Wildman–Crippen MR) is 70.8 cm³/mol. The van der Waals surface area contributed by atoms with Gasteiger partial charge in [0.05, 0.1) is 12.8 Å². The van der Waals surface area contributed by atoms with Gasteiger partial charge in [0.15, 0.2) is 0 Å². The fourth-order valence-electron chi connectivity index (χ4n) is 1.87. The first-order valence-electron chi connectivity index (χ1n) is 5.93. The number of carbonyl (C=O) groups is 1. The topological polar surface area (TPSA) is 50.4 Å². The van der Waals surface area contributed by atoms with Crippen LogP contribution < -0.4 is 15.4 Å². The molecule has 1 aliphatic rings. The molecule has 0 unspecified atom stereocenters. The van der Waals surface area contributed by atoms with Gasteiger partial charge in [-0.2, -0.15) is 0 Å². The summed E-state index contributed by atoms with van der Waals surface area (Å²) in [4.78, 5) is 11.2. The monoisotopic (exact) mass is 236 g/mol. The largest absolute Gasteiger partial charge is 0.494 e. The third-order valence-electron chi connectivity index (χ3n) is 2.61. The van der Waals surface area contributed by atoms with Crippen molar-refractivity contribution in [1.82, 2.24) is 0 Å². The molecule has 1 aromatic carbocycles. The number of amides is 1. The van der Waals surface area contributed by atoms with Crippen molar-refractivity contribution in [3.63, 3.8) is 0 Å². The summed E-state index contributed by atoms with van der Waals surface area (Å²) in [5, 5.41) is 5.91. The van der Waals surface area contributed by atoms with Gasteiger partial charge in [0.2, 0.25) is 5.91 Å². The summed E-state index contributed by atoms with van der Waals surface area (Å²) in [7, 11) is 3.50. The number of nitrogens with one attached hydrogen (secondary N) is 2. The van der Waals surface area contributed by atoms with E-state index in [-0.39, 0.29) is 5.91 Å². The molecule has 2 rings (SSSR count). The molecule has 94 valence electrons.